The third-order valence-electron chi connectivity index (χ3n) is 9.66. The maximum atomic E-state index is 13.3. The smallest absolute Gasteiger partial charge is 0.329 e. The van der Waals surface area contributed by atoms with E-state index in [2.05, 4.69) is 13.8 Å². The van der Waals surface area contributed by atoms with E-state index in [0.29, 0.717) is 25.8 Å². The van der Waals surface area contributed by atoms with Gasteiger partial charge < -0.3 is 15.7 Å². The number of esters is 1. The van der Waals surface area contributed by atoms with Gasteiger partial charge in [0.05, 0.1) is 0 Å². The Kier molecular flexibility index (Phi) is 25.2. The summed E-state index contributed by atoms with van der Waals surface area (Å²) in [7, 11) is 0. The van der Waals surface area contributed by atoms with Crippen LogP contribution in [0.25, 0.3) is 0 Å². The van der Waals surface area contributed by atoms with E-state index < -0.39 is 23.5 Å². The van der Waals surface area contributed by atoms with Crippen molar-refractivity contribution in [2.75, 3.05) is 6.54 Å². The molecular weight excluding hydrogens is 536 g/mol. The Bertz CT molecular complexity index is 673. The van der Waals surface area contributed by atoms with E-state index in [4.69, 9.17) is 10.5 Å². The van der Waals surface area contributed by atoms with Gasteiger partial charge in [0.15, 0.2) is 6.10 Å². The summed E-state index contributed by atoms with van der Waals surface area (Å²) < 4.78 is 5.72. The number of ether oxygens (including phenoxy) is 1. The second-order valence-corrected chi connectivity index (χ2v) is 13.6. The number of hydrogen-bond donors (Lipinski definition) is 2. The molecule has 0 aromatic rings. The van der Waals surface area contributed by atoms with Crippen LogP contribution in [0.1, 0.15) is 206 Å². The molecule has 0 aromatic heterocycles. The van der Waals surface area contributed by atoms with Crippen molar-refractivity contribution in [1.82, 2.24) is 5.06 Å². The van der Waals surface area contributed by atoms with Crippen LogP contribution in [0.5, 0.6) is 0 Å². The van der Waals surface area contributed by atoms with E-state index >= 15 is 0 Å². The monoisotopic (exact) mass is 609 g/mol. The maximum absolute atomic E-state index is 13.3. The first-order valence-electron chi connectivity index (χ1n) is 18.9. The van der Waals surface area contributed by atoms with Crippen LogP contribution >= 0.6 is 0 Å². The minimum atomic E-state index is -1.03. The summed E-state index contributed by atoms with van der Waals surface area (Å²) in [6.07, 6.45) is 34.3. The number of hydroxylamine groups is 2. The van der Waals surface area contributed by atoms with Crippen molar-refractivity contribution in [1.29, 1.82) is 0 Å². The number of primary amides is 1. The first kappa shape index (κ1) is 39.9. The van der Waals surface area contributed by atoms with Gasteiger partial charge in [0.2, 0.25) is 0 Å². The zero-order valence-electron chi connectivity index (χ0n) is 28.7. The molecule has 3 N–H and O–H groups in total. The van der Waals surface area contributed by atoms with Gasteiger partial charge in [0.1, 0.15) is 5.54 Å². The quantitative estimate of drug-likeness (QED) is 0.0603. The summed E-state index contributed by atoms with van der Waals surface area (Å²) in [6.45, 7) is 4.99. The second-order valence-electron chi connectivity index (χ2n) is 13.6. The molecule has 0 aliphatic carbocycles. The molecule has 0 spiro atoms. The van der Waals surface area contributed by atoms with Gasteiger partial charge in [-0.15, -0.1) is 0 Å². The first-order chi connectivity index (χ1) is 21.0. The molecule has 0 bridgehead atoms. The van der Waals surface area contributed by atoms with Crippen molar-refractivity contribution in [2.24, 2.45) is 5.73 Å². The topological polar surface area (TPSA) is 92.9 Å². The average molecular weight is 609 g/mol. The van der Waals surface area contributed by atoms with E-state index in [-0.39, 0.29) is 0 Å². The number of amides is 1. The molecule has 254 valence electrons. The van der Waals surface area contributed by atoms with Crippen molar-refractivity contribution >= 4 is 11.9 Å². The number of unbranched alkanes of at least 4 members (excludes halogenated alkanes) is 24. The third-order valence-corrected chi connectivity index (χ3v) is 9.66. The van der Waals surface area contributed by atoms with Gasteiger partial charge in [0, 0.05) is 6.54 Å². The Hall–Kier alpha value is -1.14. The summed E-state index contributed by atoms with van der Waals surface area (Å²) in [4.78, 5) is 25.5. The molecule has 2 unspecified atom stereocenters. The lowest BCUT2D eigenvalue weighted by Gasteiger charge is -2.33. The highest BCUT2D eigenvalue weighted by Gasteiger charge is 2.49. The lowest BCUT2D eigenvalue weighted by molar-refractivity contribution is -0.196. The Balaban J connectivity index is 2.23. The van der Waals surface area contributed by atoms with Gasteiger partial charge >= 0.3 is 5.97 Å². The fourth-order valence-electron chi connectivity index (χ4n) is 6.71. The molecule has 1 rings (SSSR count). The molecule has 1 fully saturated rings. The van der Waals surface area contributed by atoms with Crippen LogP contribution in [0.4, 0.5) is 0 Å². The highest BCUT2D eigenvalue weighted by atomic mass is 16.6. The summed E-state index contributed by atoms with van der Waals surface area (Å²) in [5, 5.41) is 11.9. The minimum absolute atomic E-state index is 0.466. The Morgan fingerprint density at radius 1 is 0.651 bits per heavy atom. The zero-order chi connectivity index (χ0) is 31.4. The van der Waals surface area contributed by atoms with Gasteiger partial charge in [-0.1, -0.05) is 174 Å². The molecule has 1 saturated heterocycles. The maximum Gasteiger partial charge on any atom is 0.329 e. The summed E-state index contributed by atoms with van der Waals surface area (Å²) in [6, 6.07) is 0. The van der Waals surface area contributed by atoms with E-state index in [0.717, 1.165) is 44.9 Å². The Labute approximate surface area is 266 Å². The van der Waals surface area contributed by atoms with Crippen molar-refractivity contribution < 1.29 is 19.5 Å². The predicted molar refractivity (Wildman–Crippen MR) is 180 cm³/mol. The van der Waals surface area contributed by atoms with Crippen LogP contribution in [-0.2, 0) is 14.3 Å². The predicted octanol–water partition coefficient (Wildman–Crippen LogP) is 10.6. The van der Waals surface area contributed by atoms with Crippen LogP contribution in [0.2, 0.25) is 0 Å². The molecule has 1 aliphatic heterocycles. The zero-order valence-corrected chi connectivity index (χ0v) is 28.7. The van der Waals surface area contributed by atoms with Gasteiger partial charge in [-0.05, 0) is 32.1 Å². The van der Waals surface area contributed by atoms with Crippen molar-refractivity contribution in [3.63, 3.8) is 0 Å². The molecule has 2 atom stereocenters. The van der Waals surface area contributed by atoms with Gasteiger partial charge in [-0.2, -0.15) is 5.06 Å². The van der Waals surface area contributed by atoms with E-state index in [1.807, 2.05) is 0 Å². The molecule has 43 heavy (non-hydrogen) atoms. The van der Waals surface area contributed by atoms with Crippen molar-refractivity contribution in [3.05, 3.63) is 0 Å². The normalized spacial score (nSPS) is 17.8. The van der Waals surface area contributed by atoms with E-state index in [1.54, 1.807) is 0 Å². The minimum Gasteiger partial charge on any atom is -0.451 e. The first-order valence-corrected chi connectivity index (χ1v) is 18.9. The van der Waals surface area contributed by atoms with Gasteiger partial charge in [0.25, 0.3) is 5.91 Å². The number of carbonyl (C=O) groups is 2. The molecule has 0 aromatic carbocycles. The van der Waals surface area contributed by atoms with Crippen LogP contribution in [0.3, 0.4) is 0 Å². The molecule has 1 aliphatic rings. The Morgan fingerprint density at radius 3 is 1.37 bits per heavy atom. The molecular formula is C37H72N2O4. The van der Waals surface area contributed by atoms with Gasteiger partial charge in [-0.3, -0.25) is 4.79 Å². The molecule has 6 nitrogen and oxygen atoms in total. The van der Waals surface area contributed by atoms with E-state index in [9.17, 15) is 14.8 Å². The highest BCUT2D eigenvalue weighted by Crippen LogP contribution is 2.35. The fourth-order valence-corrected chi connectivity index (χ4v) is 6.71. The van der Waals surface area contributed by atoms with Crippen molar-refractivity contribution in [3.8, 4) is 0 Å². The van der Waals surface area contributed by atoms with Crippen LogP contribution in [0, 0.1) is 0 Å². The lowest BCUT2D eigenvalue weighted by Crippen LogP contribution is -2.52. The fraction of sp³-hybridized carbons (Fsp3) is 0.946. The number of nitrogens with two attached hydrogens (primary N) is 1. The summed E-state index contributed by atoms with van der Waals surface area (Å²) >= 11 is 0. The van der Waals surface area contributed by atoms with Gasteiger partial charge in [-0.25, -0.2) is 4.79 Å². The SMILES string of the molecule is CCCCCCCCCCCCCCCCC1(C(=O)OC(CCCCCCCCCCCCCC)C(N)=O)CCCN1O. The third kappa shape index (κ3) is 19.1. The average Bonchev–Trinajstić information content (AvgIpc) is 3.37. The van der Waals surface area contributed by atoms with Crippen LogP contribution in [0.15, 0.2) is 0 Å². The second kappa shape index (κ2) is 27.2. The molecule has 0 saturated carbocycles. The molecule has 6 heteroatoms. The summed E-state index contributed by atoms with van der Waals surface area (Å²) in [5.41, 5.74) is 4.61. The number of rotatable bonds is 31. The lowest BCUT2D eigenvalue weighted by atomic mass is 9.89. The largest absolute Gasteiger partial charge is 0.451 e. The number of hydrogen-bond acceptors (Lipinski definition) is 5. The molecule has 1 heterocycles. The summed E-state index contributed by atoms with van der Waals surface area (Å²) in [5.74, 6) is -1.05. The number of nitrogens with zero attached hydrogens (tertiary/aromatic N) is 1. The molecule has 1 amide bonds. The van der Waals surface area contributed by atoms with Crippen molar-refractivity contribution in [2.45, 2.75) is 218 Å². The standard InChI is InChI=1S/C37H72N2O4/c1-3-5-7-9-11-13-15-17-18-20-22-24-26-28-31-37(32-29-33-39(37)42)36(41)43-34(35(38)40)30-27-25-23-21-19-16-14-12-10-8-6-4-2/h34,42H,3-33H2,1-2H3,(H2,38,40). The van der Waals surface area contributed by atoms with Crippen LogP contribution in [-0.4, -0.2) is 40.3 Å². The molecule has 0 radical (unpaired) electrons. The highest BCUT2D eigenvalue weighted by molar-refractivity contribution is 5.86. The number of carbonyl (C=O) groups excluding carboxylic acids is 2. The van der Waals surface area contributed by atoms with E-state index in [1.165, 1.54) is 133 Å². The van der Waals surface area contributed by atoms with Crippen LogP contribution < -0.4 is 5.73 Å². The Morgan fingerprint density at radius 2 is 1.02 bits per heavy atom.